The lowest BCUT2D eigenvalue weighted by Gasteiger charge is -2.13. The summed E-state index contributed by atoms with van der Waals surface area (Å²) >= 11 is 5.27. The number of fused-ring (bicyclic) bond motifs is 2. The molecule has 3 N–H and O–H groups in total. The van der Waals surface area contributed by atoms with E-state index in [4.69, 9.17) is 17.3 Å². The lowest BCUT2D eigenvalue weighted by atomic mass is 10.1. The van der Waals surface area contributed by atoms with E-state index in [0.29, 0.717) is 16.8 Å². The number of anilines is 1. The summed E-state index contributed by atoms with van der Waals surface area (Å²) in [7, 11) is 0. The molecule has 1 heterocycles. The fraction of sp³-hybridized carbons (Fsp3) is 0.0909. The highest BCUT2D eigenvalue weighted by molar-refractivity contribution is 7.80. The fourth-order valence-corrected chi connectivity index (χ4v) is 3.55. The molecule has 0 aliphatic carbocycles. The average molecular weight is 419 g/mol. The first kappa shape index (κ1) is 19.5. The maximum atomic E-state index is 12.7. The lowest BCUT2D eigenvalue weighted by Crippen LogP contribution is -2.35. The van der Waals surface area contributed by atoms with Crippen molar-refractivity contribution >= 4 is 51.4 Å². The second-order valence-corrected chi connectivity index (χ2v) is 7.14. The van der Waals surface area contributed by atoms with E-state index in [9.17, 15) is 14.7 Å². The minimum absolute atomic E-state index is 0.0675. The molecule has 0 saturated carbocycles. The molecule has 0 unspecified atom stereocenters. The van der Waals surface area contributed by atoms with Crippen LogP contribution in [0.25, 0.3) is 10.8 Å². The molecule has 3 aromatic carbocycles. The van der Waals surface area contributed by atoms with Crippen LogP contribution in [0.15, 0.2) is 65.7 Å². The maximum Gasteiger partial charge on any atom is 0.323 e. The predicted molar refractivity (Wildman–Crippen MR) is 118 cm³/mol. The monoisotopic (exact) mass is 419 g/mol. The van der Waals surface area contributed by atoms with Gasteiger partial charge < -0.3 is 15.5 Å². The highest BCUT2D eigenvalue weighted by Gasteiger charge is 2.35. The molecule has 0 bridgehead atoms. The summed E-state index contributed by atoms with van der Waals surface area (Å²) in [6.45, 7) is -0.235. The summed E-state index contributed by atoms with van der Waals surface area (Å²) in [5, 5.41) is 24.3. The number of para-hydroxylation sites is 1. The van der Waals surface area contributed by atoms with Crippen LogP contribution in [0.3, 0.4) is 0 Å². The van der Waals surface area contributed by atoms with Crippen LogP contribution in [0.1, 0.15) is 11.1 Å². The van der Waals surface area contributed by atoms with E-state index < -0.39 is 18.4 Å². The van der Waals surface area contributed by atoms with Gasteiger partial charge in [-0.15, -0.1) is 0 Å². The molecule has 0 aromatic heterocycles. The molecular weight excluding hydrogens is 402 g/mol. The molecule has 150 valence electrons. The molecule has 0 spiro atoms. The molecule has 1 aliphatic rings. The van der Waals surface area contributed by atoms with E-state index in [2.05, 4.69) is 10.3 Å². The number of carboxylic acids is 1. The summed E-state index contributed by atoms with van der Waals surface area (Å²) in [5.41, 5.74) is 1.74. The Kier molecular flexibility index (Phi) is 5.16. The van der Waals surface area contributed by atoms with Gasteiger partial charge in [-0.25, -0.2) is 4.99 Å². The van der Waals surface area contributed by atoms with E-state index >= 15 is 0 Å². The zero-order chi connectivity index (χ0) is 21.3. The third-order valence-electron chi connectivity index (χ3n) is 4.78. The number of aromatic hydroxyl groups is 1. The van der Waals surface area contributed by atoms with Crippen molar-refractivity contribution in [3.05, 3.63) is 71.8 Å². The van der Waals surface area contributed by atoms with Crippen LogP contribution in [0.4, 0.5) is 5.69 Å². The van der Waals surface area contributed by atoms with Gasteiger partial charge in [0.15, 0.2) is 5.11 Å². The highest BCUT2D eigenvalue weighted by atomic mass is 32.1. The zero-order valence-corrected chi connectivity index (χ0v) is 16.5. The number of carbonyl (C=O) groups is 2. The lowest BCUT2D eigenvalue weighted by molar-refractivity contribution is -0.136. The Bertz CT molecular complexity index is 1220. The number of rotatable bonds is 4. The number of hydrogen-bond acceptors (Lipinski definition) is 4. The Balaban J connectivity index is 1.55. The Hall–Kier alpha value is -3.78. The Morgan fingerprint density at radius 2 is 1.73 bits per heavy atom. The van der Waals surface area contributed by atoms with Crippen LogP contribution in [-0.2, 0) is 16.1 Å². The van der Waals surface area contributed by atoms with Gasteiger partial charge in [0.05, 0.1) is 5.69 Å². The van der Waals surface area contributed by atoms with Gasteiger partial charge in [0.2, 0.25) is 0 Å². The Morgan fingerprint density at radius 1 is 1.07 bits per heavy atom. The van der Waals surface area contributed by atoms with Crippen molar-refractivity contribution in [2.75, 3.05) is 11.4 Å². The minimum Gasteiger partial charge on any atom is -0.508 e. The van der Waals surface area contributed by atoms with Gasteiger partial charge in [0.25, 0.3) is 5.91 Å². The van der Waals surface area contributed by atoms with Crippen LogP contribution in [-0.4, -0.2) is 39.5 Å². The average Bonchev–Trinajstić information content (AvgIpc) is 2.98. The number of carbonyl (C=O) groups excluding carboxylic acids is 1. The van der Waals surface area contributed by atoms with Gasteiger partial charge in [0.1, 0.15) is 18.0 Å². The van der Waals surface area contributed by atoms with E-state index in [0.717, 1.165) is 15.7 Å². The number of phenols is 1. The topological polar surface area (TPSA) is 102 Å². The molecule has 7 nitrogen and oxygen atoms in total. The van der Waals surface area contributed by atoms with Crippen molar-refractivity contribution in [1.82, 2.24) is 5.32 Å². The highest BCUT2D eigenvalue weighted by Crippen LogP contribution is 2.29. The Morgan fingerprint density at radius 3 is 2.47 bits per heavy atom. The molecule has 0 saturated heterocycles. The number of thiocarbonyl (C=S) groups is 1. The third kappa shape index (κ3) is 3.72. The molecular formula is C22H17N3O4S. The van der Waals surface area contributed by atoms with E-state index in [1.54, 1.807) is 30.3 Å². The van der Waals surface area contributed by atoms with E-state index in [1.807, 2.05) is 30.3 Å². The van der Waals surface area contributed by atoms with Crippen molar-refractivity contribution in [3.63, 3.8) is 0 Å². The number of benzene rings is 3. The van der Waals surface area contributed by atoms with Crippen molar-refractivity contribution in [2.24, 2.45) is 4.99 Å². The quantitative estimate of drug-likeness (QED) is 0.562. The second-order valence-electron chi connectivity index (χ2n) is 6.75. The normalized spacial score (nSPS) is 14.2. The summed E-state index contributed by atoms with van der Waals surface area (Å²) in [6, 6.07) is 18.1. The number of phenolic OH excluding ortho intramolecular Hbond substituents is 1. The molecule has 0 fully saturated rings. The molecule has 0 atom stereocenters. The van der Waals surface area contributed by atoms with Crippen LogP contribution >= 0.6 is 12.2 Å². The van der Waals surface area contributed by atoms with Crippen molar-refractivity contribution < 1.29 is 19.8 Å². The third-order valence-corrected chi connectivity index (χ3v) is 5.02. The van der Waals surface area contributed by atoms with Crippen LogP contribution in [0.5, 0.6) is 5.75 Å². The predicted octanol–water partition coefficient (Wildman–Crippen LogP) is 2.84. The Labute approximate surface area is 177 Å². The number of carboxylic acid groups (broad SMARTS) is 1. The van der Waals surface area contributed by atoms with Gasteiger partial charge in [-0.3, -0.25) is 14.5 Å². The SMILES string of the molecule is O=C(O)CN1C(=O)/C(=N\C(=S)NCc2cc3ccccc3cc2O)c2ccccc21. The standard InChI is InChI=1S/C22H17N3O4S/c26-18-10-14-6-2-1-5-13(14)9-15(18)11-23-22(30)24-20-16-7-3-4-8-17(16)25(21(20)29)12-19(27)28/h1-10,26H,11-12H2,(H,23,30)(H,27,28)/b24-20-. The summed E-state index contributed by atoms with van der Waals surface area (Å²) in [6.07, 6.45) is 0. The zero-order valence-electron chi connectivity index (χ0n) is 15.7. The van der Waals surface area contributed by atoms with Gasteiger partial charge >= 0.3 is 5.97 Å². The molecule has 8 heteroatoms. The van der Waals surface area contributed by atoms with Crippen LogP contribution < -0.4 is 10.2 Å². The van der Waals surface area contributed by atoms with Crippen LogP contribution in [0, 0.1) is 0 Å². The molecule has 1 amide bonds. The van der Waals surface area contributed by atoms with Crippen molar-refractivity contribution in [1.29, 1.82) is 0 Å². The maximum absolute atomic E-state index is 12.7. The van der Waals surface area contributed by atoms with Gasteiger partial charge in [0, 0.05) is 17.7 Å². The van der Waals surface area contributed by atoms with Crippen molar-refractivity contribution in [3.8, 4) is 5.75 Å². The molecule has 4 rings (SSSR count). The minimum atomic E-state index is -1.12. The first-order valence-electron chi connectivity index (χ1n) is 9.14. The summed E-state index contributed by atoms with van der Waals surface area (Å²) in [4.78, 5) is 29.2. The number of amides is 1. The summed E-state index contributed by atoms with van der Waals surface area (Å²) < 4.78 is 0. The van der Waals surface area contributed by atoms with Crippen LogP contribution in [0.2, 0.25) is 0 Å². The number of nitrogens with zero attached hydrogens (tertiary/aromatic N) is 2. The smallest absolute Gasteiger partial charge is 0.323 e. The molecule has 1 aliphatic heterocycles. The van der Waals surface area contributed by atoms with E-state index in [-0.39, 0.29) is 23.1 Å². The molecule has 3 aromatic rings. The molecule has 0 radical (unpaired) electrons. The molecule has 30 heavy (non-hydrogen) atoms. The van der Waals surface area contributed by atoms with E-state index in [1.165, 1.54) is 0 Å². The fourth-order valence-electron chi connectivity index (χ4n) is 3.39. The first-order chi connectivity index (χ1) is 14.4. The first-order valence-corrected chi connectivity index (χ1v) is 9.55. The largest absolute Gasteiger partial charge is 0.508 e. The van der Waals surface area contributed by atoms with Gasteiger partial charge in [-0.2, -0.15) is 0 Å². The van der Waals surface area contributed by atoms with Gasteiger partial charge in [-0.1, -0.05) is 42.5 Å². The second kappa shape index (κ2) is 7.92. The number of aliphatic imine (C=N–C) groups is 1. The van der Waals surface area contributed by atoms with Crippen molar-refractivity contribution in [2.45, 2.75) is 6.54 Å². The van der Waals surface area contributed by atoms with Gasteiger partial charge in [-0.05, 0) is 41.2 Å². The number of aliphatic carboxylic acids is 1. The summed E-state index contributed by atoms with van der Waals surface area (Å²) in [5.74, 6) is -1.50. The number of hydrogen-bond donors (Lipinski definition) is 3. The number of nitrogens with one attached hydrogen (secondary N) is 1.